The van der Waals surface area contributed by atoms with E-state index in [0.29, 0.717) is 17.4 Å². The van der Waals surface area contributed by atoms with Gasteiger partial charge in [0.2, 0.25) is 0 Å². The lowest BCUT2D eigenvalue weighted by Gasteiger charge is -2.35. The van der Waals surface area contributed by atoms with Crippen molar-refractivity contribution in [3.05, 3.63) is 65.6 Å². The summed E-state index contributed by atoms with van der Waals surface area (Å²) in [6.45, 7) is 11.4. The number of rotatable bonds is 11. The minimum atomic E-state index is -0.0900. The fourth-order valence-corrected chi connectivity index (χ4v) is 6.68. The lowest BCUT2D eigenvalue weighted by atomic mass is 10.0. The second kappa shape index (κ2) is 13.0. The monoisotopic (exact) mass is 575 g/mol. The fourth-order valence-electron chi connectivity index (χ4n) is 5.77. The number of aromatic hydroxyl groups is 1. The van der Waals surface area contributed by atoms with Gasteiger partial charge in [0.25, 0.3) is 0 Å². The summed E-state index contributed by atoms with van der Waals surface area (Å²) in [6, 6.07) is 14.2. The molecule has 1 aliphatic heterocycles. The van der Waals surface area contributed by atoms with Crippen LogP contribution in [-0.2, 0) is 0 Å². The van der Waals surface area contributed by atoms with Crippen LogP contribution in [0.25, 0.3) is 10.8 Å². The number of aryl methyl sites for hydroxylation is 2. The van der Waals surface area contributed by atoms with Crippen LogP contribution >= 0.6 is 11.8 Å². The van der Waals surface area contributed by atoms with Crippen molar-refractivity contribution in [2.24, 2.45) is 0 Å². The average molecular weight is 576 g/mol. The Morgan fingerprint density at radius 2 is 1.66 bits per heavy atom. The first-order valence-electron chi connectivity index (χ1n) is 14.4. The largest absolute Gasteiger partial charge is 0.494 e. The van der Waals surface area contributed by atoms with Crippen LogP contribution in [0.15, 0.2) is 53.8 Å². The van der Waals surface area contributed by atoms with E-state index in [1.165, 1.54) is 5.69 Å². The van der Waals surface area contributed by atoms with E-state index in [-0.39, 0.29) is 6.04 Å². The molecule has 1 fully saturated rings. The van der Waals surface area contributed by atoms with Gasteiger partial charge in [-0.15, -0.1) is 0 Å². The minimum Gasteiger partial charge on any atom is -0.494 e. The zero-order valence-corrected chi connectivity index (χ0v) is 25.6. The molecule has 2 aromatic carbocycles. The van der Waals surface area contributed by atoms with E-state index in [1.807, 2.05) is 42.7 Å². The van der Waals surface area contributed by atoms with E-state index in [9.17, 15) is 5.11 Å². The molecule has 41 heavy (non-hydrogen) atoms. The lowest BCUT2D eigenvalue weighted by molar-refractivity contribution is 0.271. The number of fused-ring (bicyclic) bond motifs is 1. The quantitative estimate of drug-likeness (QED) is 0.131. The number of benzene rings is 2. The molecular formula is C32H41N5O3S. The topological polar surface area (TPSA) is 75.9 Å². The van der Waals surface area contributed by atoms with Crippen LogP contribution in [0.2, 0.25) is 0 Å². The van der Waals surface area contributed by atoms with Crippen LogP contribution in [0.1, 0.15) is 42.8 Å². The van der Waals surface area contributed by atoms with Gasteiger partial charge in [0.05, 0.1) is 20.3 Å². The Morgan fingerprint density at radius 3 is 2.34 bits per heavy atom. The fraction of sp³-hybridized carbons (Fsp3) is 0.438. The van der Waals surface area contributed by atoms with E-state index in [4.69, 9.17) is 9.47 Å². The molecule has 0 spiro atoms. The van der Waals surface area contributed by atoms with Gasteiger partial charge in [-0.3, -0.25) is 0 Å². The molecule has 3 heterocycles. The van der Waals surface area contributed by atoms with Crippen molar-refractivity contribution >= 4 is 28.2 Å². The van der Waals surface area contributed by atoms with Crippen molar-refractivity contribution in [2.75, 3.05) is 57.6 Å². The third-order valence-corrected chi connectivity index (χ3v) is 8.87. The summed E-state index contributed by atoms with van der Waals surface area (Å²) in [7, 11) is 3.30. The van der Waals surface area contributed by atoms with Crippen molar-refractivity contribution in [1.82, 2.24) is 19.4 Å². The zero-order valence-electron chi connectivity index (χ0n) is 24.8. The second-order valence-corrected chi connectivity index (χ2v) is 11.6. The van der Waals surface area contributed by atoms with E-state index in [1.54, 1.807) is 26.0 Å². The predicted molar refractivity (Wildman–Crippen MR) is 167 cm³/mol. The molecule has 4 aromatic rings. The summed E-state index contributed by atoms with van der Waals surface area (Å²) in [5.41, 5.74) is 4.21. The van der Waals surface area contributed by atoms with Gasteiger partial charge in [-0.2, -0.15) is 0 Å². The maximum Gasteiger partial charge on any atom is 0.199 e. The molecule has 0 bridgehead atoms. The molecule has 9 heteroatoms. The van der Waals surface area contributed by atoms with Crippen LogP contribution in [-0.4, -0.2) is 77.2 Å². The number of methoxy groups -OCH3 is 2. The molecule has 1 atom stereocenters. The number of hydrogen-bond donors (Lipinski definition) is 1. The first-order valence-corrected chi connectivity index (χ1v) is 15.4. The SMILES string of the molecule is CCN1CCN(c2cccc3c(O)n([C@H](CCCSc4nc(C)cc(C)n4)c4ccc(OC)c(OC)c4)cc23)CC1. The zero-order chi connectivity index (χ0) is 28.9. The van der Waals surface area contributed by atoms with Crippen LogP contribution in [0.5, 0.6) is 17.4 Å². The number of ether oxygens (including phenoxy) is 2. The number of thioether (sulfide) groups is 1. The maximum atomic E-state index is 11.6. The Hall–Kier alpha value is -3.43. The van der Waals surface area contributed by atoms with E-state index in [2.05, 4.69) is 51.1 Å². The molecule has 0 saturated carbocycles. The molecule has 0 unspecified atom stereocenters. The Labute approximate surface area is 247 Å². The first kappa shape index (κ1) is 29.1. The van der Waals surface area contributed by atoms with Crippen LogP contribution in [0.4, 0.5) is 5.69 Å². The summed E-state index contributed by atoms with van der Waals surface area (Å²) < 4.78 is 13.2. The molecule has 8 nitrogen and oxygen atoms in total. The van der Waals surface area contributed by atoms with E-state index >= 15 is 0 Å². The number of aromatic nitrogens is 3. The molecule has 0 radical (unpaired) electrons. The van der Waals surface area contributed by atoms with Crippen molar-refractivity contribution < 1.29 is 14.6 Å². The van der Waals surface area contributed by atoms with Crippen LogP contribution in [0.3, 0.4) is 0 Å². The maximum absolute atomic E-state index is 11.6. The second-order valence-electron chi connectivity index (χ2n) is 10.6. The van der Waals surface area contributed by atoms with Crippen molar-refractivity contribution in [1.29, 1.82) is 0 Å². The number of likely N-dealkylation sites (N-methyl/N-ethyl adjacent to an activating group) is 1. The van der Waals surface area contributed by atoms with Gasteiger partial charge in [-0.1, -0.05) is 30.8 Å². The highest BCUT2D eigenvalue weighted by molar-refractivity contribution is 7.99. The smallest absolute Gasteiger partial charge is 0.199 e. The highest BCUT2D eigenvalue weighted by Gasteiger charge is 2.24. The molecular weight excluding hydrogens is 534 g/mol. The van der Waals surface area contributed by atoms with Gasteiger partial charge < -0.3 is 28.9 Å². The first-order chi connectivity index (χ1) is 19.9. The van der Waals surface area contributed by atoms with Crippen molar-refractivity contribution in [3.8, 4) is 17.4 Å². The number of hydrogen-bond acceptors (Lipinski definition) is 8. The minimum absolute atomic E-state index is 0.0900. The Morgan fingerprint density at radius 1 is 0.927 bits per heavy atom. The third-order valence-electron chi connectivity index (χ3n) is 7.94. The standard InChI is InChI=1S/C32H41N5O3S/c1-6-35-14-16-36(17-15-35)28-10-7-9-25-26(28)21-37(31(25)38)27(24-12-13-29(39-4)30(20-24)40-5)11-8-18-41-32-33-22(2)19-23(3)34-32/h7,9-10,12-13,19-21,27,38H,6,8,11,14-18H2,1-5H3/t27-/m1/s1. The van der Waals surface area contributed by atoms with Crippen molar-refractivity contribution in [3.63, 3.8) is 0 Å². The average Bonchev–Trinajstić information content (AvgIpc) is 3.32. The van der Waals surface area contributed by atoms with Gasteiger partial charge in [0, 0.05) is 66.0 Å². The number of nitrogens with zero attached hydrogens (tertiary/aromatic N) is 5. The summed E-state index contributed by atoms with van der Waals surface area (Å²) in [4.78, 5) is 14.1. The molecule has 1 aliphatic rings. The highest BCUT2D eigenvalue weighted by atomic mass is 32.2. The Kier molecular flexibility index (Phi) is 9.25. The molecule has 1 N–H and O–H groups in total. The van der Waals surface area contributed by atoms with Crippen LogP contribution in [0, 0.1) is 13.8 Å². The third kappa shape index (κ3) is 6.41. The summed E-state index contributed by atoms with van der Waals surface area (Å²) in [6.07, 6.45) is 3.87. The van der Waals surface area contributed by atoms with E-state index in [0.717, 1.165) is 84.2 Å². The van der Waals surface area contributed by atoms with Gasteiger partial charge in [0.1, 0.15) is 0 Å². The Bertz CT molecular complexity index is 1460. The lowest BCUT2D eigenvalue weighted by Crippen LogP contribution is -2.46. The summed E-state index contributed by atoms with van der Waals surface area (Å²) in [5, 5.41) is 14.4. The Balaban J connectivity index is 1.46. The normalized spacial score (nSPS) is 14.9. The highest BCUT2D eigenvalue weighted by Crippen LogP contribution is 2.41. The predicted octanol–water partition coefficient (Wildman–Crippen LogP) is 6.07. The van der Waals surface area contributed by atoms with E-state index < -0.39 is 0 Å². The molecule has 0 aliphatic carbocycles. The van der Waals surface area contributed by atoms with Gasteiger partial charge in [0.15, 0.2) is 22.5 Å². The number of piperazine rings is 1. The van der Waals surface area contributed by atoms with Gasteiger partial charge in [-0.25, -0.2) is 9.97 Å². The van der Waals surface area contributed by atoms with Crippen LogP contribution < -0.4 is 14.4 Å². The molecule has 218 valence electrons. The summed E-state index contributed by atoms with van der Waals surface area (Å²) >= 11 is 1.68. The van der Waals surface area contributed by atoms with Gasteiger partial charge >= 0.3 is 0 Å². The molecule has 5 rings (SSSR count). The molecule has 0 amide bonds. The molecule has 2 aromatic heterocycles. The van der Waals surface area contributed by atoms with Gasteiger partial charge in [-0.05, 0) is 69.1 Å². The molecule has 1 saturated heterocycles. The number of anilines is 1. The van der Waals surface area contributed by atoms with Crippen molar-refractivity contribution in [2.45, 2.75) is 44.8 Å². The summed E-state index contributed by atoms with van der Waals surface area (Å²) in [5.74, 6) is 2.53.